The summed E-state index contributed by atoms with van der Waals surface area (Å²) in [7, 11) is -5.90. The summed E-state index contributed by atoms with van der Waals surface area (Å²) in [6.45, 7) is -3.05. The molecule has 1 aliphatic carbocycles. The number of unbranched alkanes of at least 4 members (excludes halogenated alkanes) is 15. The van der Waals surface area contributed by atoms with E-state index in [1.165, 1.54) is 25.7 Å². The van der Waals surface area contributed by atoms with Gasteiger partial charge in [-0.2, -0.15) is 0 Å². The van der Waals surface area contributed by atoms with Crippen molar-refractivity contribution in [3.63, 3.8) is 0 Å². The van der Waals surface area contributed by atoms with Crippen LogP contribution in [0.15, 0.2) is 48.6 Å². The zero-order valence-electron chi connectivity index (χ0n) is 69.8. The number of aliphatic hydroxyl groups excluding tert-OH is 23. The summed E-state index contributed by atoms with van der Waals surface area (Å²) in [5.74, 6) is -1.54. The van der Waals surface area contributed by atoms with Crippen LogP contribution >= 0.6 is 7.82 Å². The molecule has 7 rings (SSSR count). The van der Waals surface area contributed by atoms with Crippen molar-refractivity contribution in [3.8, 4) is 0 Å². The van der Waals surface area contributed by atoms with E-state index < -0.39 is 300 Å². The first-order chi connectivity index (χ1) is 59.2. The average Bonchev–Trinajstić information content (AvgIpc) is 0.758. The lowest BCUT2D eigenvalue weighted by Crippen LogP contribution is -2.69. The zero-order chi connectivity index (χ0) is 90.9. The Labute approximate surface area is 719 Å². The highest BCUT2D eigenvalue weighted by atomic mass is 31.2. The van der Waals surface area contributed by atoms with E-state index in [1.807, 2.05) is 0 Å². The Morgan fingerprint density at radius 2 is 0.621 bits per heavy atom. The van der Waals surface area contributed by atoms with Gasteiger partial charge in [-0.3, -0.25) is 18.6 Å². The van der Waals surface area contributed by atoms with E-state index in [-0.39, 0.29) is 12.8 Å². The molecule has 7 fully saturated rings. The van der Waals surface area contributed by atoms with Gasteiger partial charge in [-0.25, -0.2) is 4.57 Å². The molecule has 6 saturated heterocycles. The Morgan fingerprint density at radius 3 is 0.984 bits per heavy atom. The third kappa shape index (κ3) is 32.2. The van der Waals surface area contributed by atoms with Gasteiger partial charge in [-0.05, 0) is 70.6 Å². The number of rotatable bonds is 53. The molecule has 44 heteroatoms. The Kier molecular flexibility index (Phi) is 47.9. The third-order valence-corrected chi connectivity index (χ3v) is 23.5. The molecule has 7 aliphatic rings. The molecule has 0 aromatic heterocycles. The van der Waals surface area contributed by atoms with E-state index in [0.29, 0.717) is 25.7 Å². The van der Waals surface area contributed by atoms with E-state index in [1.54, 1.807) is 0 Å². The molecule has 0 amide bonds. The molecule has 124 heavy (non-hydrogen) atoms. The Morgan fingerprint density at radius 1 is 0.323 bits per heavy atom. The van der Waals surface area contributed by atoms with Gasteiger partial charge in [0.1, 0.15) is 190 Å². The number of carbonyl (C=O) groups excluding carboxylic acids is 2. The minimum atomic E-state index is -5.90. The standard InChI is InChI=1S/C80H137O43P/c1-3-5-7-9-11-13-15-17-18-19-21-22-24-26-28-30-32-49(83)108-36-42(114-50(84)33-31-29-27-25-23-20-16-14-12-10-8-6-4-2)37-113-124(106,107)123-74-72(121-79-70(104)58(92)52(86)44(35-82)116-79)64(98)63(97)65(99)73(74)122-80-71(105)62(96)56(90)48(120-80)41-112-78-69(103)61(95)55(89)47(119-78)40-111-77-68(102)60(94)54(88)46(118-77)39-110-76-67(101)59(93)53(87)45(117-76)38-109-75-66(100)57(91)51(85)43(34-81)115-75/h8,10,13-16,18-19,42-48,51-82,85-105H,3-7,9,11-12,17,20-41H2,1-2H3,(H,106,107)/b10-8-,15-13-,16-14-,19-18-/t42-,43?,44?,45?,46?,47?,48?,51+,52-,53+,54+,55+,56+,57?,58?,59?,60?,61?,62?,63+,64?,65?,66+,67+,68+,69+,70-,71+,72-,73?,74+,75-,76-,77-,78-,79-,80+/m1/s1. The van der Waals surface area contributed by atoms with Gasteiger partial charge in [0.25, 0.3) is 0 Å². The predicted octanol–water partition coefficient (Wildman–Crippen LogP) is -5.06. The van der Waals surface area contributed by atoms with E-state index in [2.05, 4.69) is 62.5 Å². The number of phosphoric ester groups is 1. The van der Waals surface area contributed by atoms with Crippen LogP contribution < -0.4 is 0 Å². The Balaban J connectivity index is 1.00. The van der Waals surface area contributed by atoms with Crippen molar-refractivity contribution in [1.82, 2.24) is 0 Å². The molecule has 0 aromatic carbocycles. The molecule has 1 saturated carbocycles. The van der Waals surface area contributed by atoms with Crippen molar-refractivity contribution in [2.75, 3.05) is 52.9 Å². The monoisotopic (exact) mass is 1820 g/mol. The first-order valence-electron chi connectivity index (χ1n) is 43.0. The molecule has 16 unspecified atom stereocenters. The van der Waals surface area contributed by atoms with Gasteiger partial charge in [-0.1, -0.05) is 127 Å². The Bertz CT molecular complexity index is 3150. The van der Waals surface area contributed by atoms with Gasteiger partial charge in [0.05, 0.1) is 46.2 Å². The second-order valence-corrected chi connectivity index (χ2v) is 33.6. The number of phosphoric acid groups is 1. The molecule has 0 bridgehead atoms. The normalized spacial score (nSPS) is 39.6. The maximum atomic E-state index is 14.5. The highest BCUT2D eigenvalue weighted by Gasteiger charge is 2.60. The lowest BCUT2D eigenvalue weighted by atomic mass is 9.84. The molecule has 720 valence electrons. The second kappa shape index (κ2) is 55.2. The second-order valence-electron chi connectivity index (χ2n) is 32.2. The summed E-state index contributed by atoms with van der Waals surface area (Å²) in [5, 5.41) is 250. The summed E-state index contributed by atoms with van der Waals surface area (Å²) in [6, 6.07) is 0. The maximum absolute atomic E-state index is 14.5. The van der Waals surface area contributed by atoms with Crippen LogP contribution in [-0.2, 0) is 89.5 Å². The van der Waals surface area contributed by atoms with Crippen molar-refractivity contribution >= 4 is 19.8 Å². The number of hydrogen-bond donors (Lipinski definition) is 24. The number of ether oxygens (including phenoxy) is 14. The fourth-order valence-corrected chi connectivity index (χ4v) is 15.7. The zero-order valence-corrected chi connectivity index (χ0v) is 70.7. The van der Waals surface area contributed by atoms with Gasteiger partial charge in [0.15, 0.2) is 43.8 Å². The van der Waals surface area contributed by atoms with Gasteiger partial charge < -0.3 is 189 Å². The third-order valence-electron chi connectivity index (χ3n) is 22.5. The quantitative estimate of drug-likeness (QED) is 0.0117. The average molecular weight is 1820 g/mol. The van der Waals surface area contributed by atoms with E-state index in [9.17, 15) is 136 Å². The predicted molar refractivity (Wildman–Crippen MR) is 421 cm³/mol. The molecule has 0 spiro atoms. The summed E-state index contributed by atoms with van der Waals surface area (Å²) in [6.07, 6.45) is -41.6. The summed E-state index contributed by atoms with van der Waals surface area (Å²) in [5.41, 5.74) is 0. The fraction of sp³-hybridized carbons (Fsp3) is 0.875. The van der Waals surface area contributed by atoms with Crippen LogP contribution in [0.3, 0.4) is 0 Å². The smallest absolute Gasteiger partial charge is 0.462 e. The van der Waals surface area contributed by atoms with Crippen molar-refractivity contribution in [2.45, 2.75) is 388 Å². The van der Waals surface area contributed by atoms with Crippen LogP contribution in [-0.4, -0.2) is 414 Å². The first kappa shape index (κ1) is 108. The summed E-state index contributed by atoms with van der Waals surface area (Å²) in [4.78, 5) is 38.4. The van der Waals surface area contributed by atoms with Crippen LogP contribution in [0.2, 0.25) is 0 Å². The van der Waals surface area contributed by atoms with Gasteiger partial charge >= 0.3 is 19.8 Å². The van der Waals surface area contributed by atoms with Crippen molar-refractivity contribution < 1.29 is 212 Å². The summed E-state index contributed by atoms with van der Waals surface area (Å²) < 4.78 is 104. The van der Waals surface area contributed by atoms with Crippen molar-refractivity contribution in [1.29, 1.82) is 0 Å². The van der Waals surface area contributed by atoms with Crippen LogP contribution in [0, 0.1) is 0 Å². The van der Waals surface area contributed by atoms with Gasteiger partial charge in [0, 0.05) is 12.8 Å². The topological polar surface area (TPSA) is 684 Å². The van der Waals surface area contributed by atoms with Gasteiger partial charge in [0.2, 0.25) is 0 Å². The molecule has 0 aromatic rings. The van der Waals surface area contributed by atoms with Crippen LogP contribution in [0.1, 0.15) is 162 Å². The molecular formula is C80H137O43P. The number of esters is 2. The molecule has 0 radical (unpaired) electrons. The molecular weight excluding hydrogens is 1680 g/mol. The molecule has 24 N–H and O–H groups in total. The van der Waals surface area contributed by atoms with Crippen LogP contribution in [0.4, 0.5) is 0 Å². The molecule has 38 atom stereocenters. The number of allylic oxidation sites excluding steroid dienone is 8. The number of hydrogen-bond acceptors (Lipinski definition) is 42. The van der Waals surface area contributed by atoms with Crippen LogP contribution in [0.5, 0.6) is 0 Å². The SMILES string of the molecule is CCC/C=C\C/C=C\CCCCCCCC(=O)O[C@H](COC(=O)CCCCCCC/C=C\C/C=C\CCCCCC)COP(=O)(O)O[C@@H]1C(O[C@@H]2OC(CO[C@@H]3OC(CO[C@@H]4OC(CO[C@@H]5OC(CO[C@@H]6OC(CO)[C@H](O)C(O)[C@@H]6O)[C@H](O)C(O)[C@@H]5O)[C@H](O)C(O)[C@@H]4O)[C@H](O)C(O)[C@@H]3O)[C@H](O)C(O)[C@@H]2O)C(O)[C@@H](O)C(O)[C@H]1O[C@H]1OC(CO)[C@@H](O)C(O)[C@H]1O. The number of carbonyl (C=O) groups is 2. The lowest BCUT2D eigenvalue weighted by molar-refractivity contribution is -0.365. The maximum Gasteiger partial charge on any atom is 0.472 e. The molecule has 6 aliphatic heterocycles. The highest BCUT2D eigenvalue weighted by molar-refractivity contribution is 7.47. The Hall–Kier alpha value is -3.39. The van der Waals surface area contributed by atoms with Crippen molar-refractivity contribution in [3.05, 3.63) is 48.6 Å². The molecule has 6 heterocycles. The summed E-state index contributed by atoms with van der Waals surface area (Å²) >= 11 is 0. The van der Waals surface area contributed by atoms with Crippen LogP contribution in [0.25, 0.3) is 0 Å². The highest BCUT2D eigenvalue weighted by Crippen LogP contribution is 2.49. The minimum Gasteiger partial charge on any atom is -0.462 e. The lowest BCUT2D eigenvalue weighted by Gasteiger charge is -2.49. The van der Waals surface area contributed by atoms with E-state index >= 15 is 0 Å². The van der Waals surface area contributed by atoms with Crippen molar-refractivity contribution in [2.24, 2.45) is 0 Å². The van der Waals surface area contributed by atoms with E-state index in [0.717, 1.165) is 83.5 Å². The number of aliphatic hydroxyl groups is 23. The minimum absolute atomic E-state index is 0.0554. The van der Waals surface area contributed by atoms with E-state index in [4.69, 9.17) is 75.4 Å². The van der Waals surface area contributed by atoms with Gasteiger partial charge in [-0.15, -0.1) is 0 Å². The largest absolute Gasteiger partial charge is 0.472 e. The fourth-order valence-electron chi connectivity index (χ4n) is 14.8. The first-order valence-corrected chi connectivity index (χ1v) is 44.5. The molecule has 43 nitrogen and oxygen atoms in total.